The Bertz CT molecular complexity index is 318. The largest absolute Gasteiger partial charge is 0.388 e. The van der Waals surface area contributed by atoms with Crippen LogP contribution in [0.25, 0.3) is 0 Å². The normalized spacial score (nSPS) is 26.0. The lowest BCUT2D eigenvalue weighted by atomic mass is 10.0. The molecule has 1 saturated heterocycles. The Balaban J connectivity index is 1.77. The van der Waals surface area contributed by atoms with Crippen molar-refractivity contribution < 1.29 is 5.11 Å². The first-order chi connectivity index (χ1) is 7.20. The van der Waals surface area contributed by atoms with E-state index in [9.17, 15) is 5.11 Å². The van der Waals surface area contributed by atoms with E-state index in [2.05, 4.69) is 23.7 Å². The Morgan fingerprint density at radius 1 is 1.60 bits per heavy atom. The Morgan fingerprint density at radius 2 is 2.47 bits per heavy atom. The van der Waals surface area contributed by atoms with Crippen molar-refractivity contribution in [1.82, 2.24) is 5.32 Å². The zero-order valence-corrected chi connectivity index (χ0v) is 10.6. The summed E-state index contributed by atoms with van der Waals surface area (Å²) >= 11 is 3.63. The highest BCUT2D eigenvalue weighted by molar-refractivity contribution is 7.99. The Kier molecular flexibility index (Phi) is 3.72. The highest BCUT2D eigenvalue weighted by Gasteiger charge is 2.30. The van der Waals surface area contributed by atoms with E-state index in [0.717, 1.165) is 31.0 Å². The van der Waals surface area contributed by atoms with Crippen LogP contribution in [0.4, 0.5) is 0 Å². The topological polar surface area (TPSA) is 32.3 Å². The average molecular weight is 243 g/mol. The molecule has 15 heavy (non-hydrogen) atoms. The maximum absolute atomic E-state index is 10.1. The minimum atomic E-state index is -0.462. The summed E-state index contributed by atoms with van der Waals surface area (Å²) in [7, 11) is 0. The van der Waals surface area contributed by atoms with Crippen molar-refractivity contribution in [2.75, 3.05) is 18.1 Å². The summed E-state index contributed by atoms with van der Waals surface area (Å²) in [5, 5.41) is 15.6. The van der Waals surface area contributed by atoms with Crippen molar-refractivity contribution in [3.63, 3.8) is 0 Å². The van der Waals surface area contributed by atoms with Gasteiger partial charge in [-0.25, -0.2) is 0 Å². The number of thioether (sulfide) groups is 1. The van der Waals surface area contributed by atoms with Crippen molar-refractivity contribution in [3.05, 3.63) is 21.9 Å². The van der Waals surface area contributed by atoms with Crippen molar-refractivity contribution in [1.29, 1.82) is 0 Å². The number of hydrogen-bond donors (Lipinski definition) is 2. The lowest BCUT2D eigenvalue weighted by Gasteiger charge is -2.21. The molecule has 1 aromatic rings. The van der Waals surface area contributed by atoms with Gasteiger partial charge in [-0.05, 0) is 36.1 Å². The third-order valence-electron chi connectivity index (χ3n) is 2.79. The summed E-state index contributed by atoms with van der Waals surface area (Å²) in [6.45, 7) is 3.74. The third kappa shape index (κ3) is 2.97. The first kappa shape index (κ1) is 11.5. The molecule has 2 N–H and O–H groups in total. The molecular formula is C11H17NOS2. The lowest BCUT2D eigenvalue weighted by Crippen LogP contribution is -2.40. The number of aliphatic hydroxyl groups is 1. The van der Waals surface area contributed by atoms with E-state index >= 15 is 0 Å². The van der Waals surface area contributed by atoms with Crippen LogP contribution in [0.1, 0.15) is 16.9 Å². The van der Waals surface area contributed by atoms with Gasteiger partial charge in [0.1, 0.15) is 0 Å². The van der Waals surface area contributed by atoms with Crippen molar-refractivity contribution in [3.8, 4) is 0 Å². The van der Waals surface area contributed by atoms with E-state index in [0.29, 0.717) is 0 Å². The zero-order chi connectivity index (χ0) is 10.7. The quantitative estimate of drug-likeness (QED) is 0.848. The average Bonchev–Trinajstić information content (AvgIpc) is 2.78. The molecule has 1 unspecified atom stereocenters. The van der Waals surface area contributed by atoms with Crippen LogP contribution in [0.15, 0.2) is 11.4 Å². The monoisotopic (exact) mass is 243 g/mol. The molecule has 0 aliphatic carbocycles. The summed E-state index contributed by atoms with van der Waals surface area (Å²) < 4.78 is 0. The summed E-state index contributed by atoms with van der Waals surface area (Å²) in [6, 6.07) is 2.14. The molecule has 1 aliphatic heterocycles. The molecule has 84 valence electrons. The van der Waals surface area contributed by atoms with E-state index in [4.69, 9.17) is 0 Å². The molecular weight excluding hydrogens is 226 g/mol. The second kappa shape index (κ2) is 4.87. The van der Waals surface area contributed by atoms with Gasteiger partial charge in [0.15, 0.2) is 0 Å². The fourth-order valence-corrected chi connectivity index (χ4v) is 3.90. The summed E-state index contributed by atoms with van der Waals surface area (Å²) in [6.07, 6.45) is 0.925. The molecule has 2 heterocycles. The molecule has 1 atom stereocenters. The van der Waals surface area contributed by atoms with Crippen molar-refractivity contribution in [2.45, 2.75) is 25.5 Å². The van der Waals surface area contributed by atoms with E-state index in [1.54, 1.807) is 11.3 Å². The Hall–Kier alpha value is -0.0300. The molecule has 2 rings (SSSR count). The van der Waals surface area contributed by atoms with Gasteiger partial charge >= 0.3 is 0 Å². The minimum absolute atomic E-state index is 0.462. The van der Waals surface area contributed by atoms with Crippen molar-refractivity contribution >= 4 is 23.1 Å². The van der Waals surface area contributed by atoms with Gasteiger partial charge in [0.25, 0.3) is 0 Å². The van der Waals surface area contributed by atoms with Crippen LogP contribution >= 0.6 is 23.1 Å². The van der Waals surface area contributed by atoms with Crippen LogP contribution in [0.5, 0.6) is 0 Å². The van der Waals surface area contributed by atoms with Crippen LogP contribution in [0.3, 0.4) is 0 Å². The van der Waals surface area contributed by atoms with Crippen LogP contribution in [-0.4, -0.2) is 28.8 Å². The first-order valence-corrected chi connectivity index (χ1v) is 7.27. The van der Waals surface area contributed by atoms with E-state index < -0.39 is 5.60 Å². The lowest BCUT2D eigenvalue weighted by molar-refractivity contribution is 0.0675. The fraction of sp³-hybridized carbons (Fsp3) is 0.636. The van der Waals surface area contributed by atoms with Gasteiger partial charge < -0.3 is 10.4 Å². The smallest absolute Gasteiger partial charge is 0.0869 e. The molecule has 1 aromatic heterocycles. The minimum Gasteiger partial charge on any atom is -0.388 e. The van der Waals surface area contributed by atoms with Gasteiger partial charge in [-0.3, -0.25) is 0 Å². The van der Waals surface area contributed by atoms with Crippen LogP contribution < -0.4 is 5.32 Å². The Labute approximate surface area is 99.1 Å². The SMILES string of the molecule is Cc1ccsc1CNCC1(O)CCSC1. The number of aryl methyl sites for hydroxylation is 1. The molecule has 4 heteroatoms. The first-order valence-electron chi connectivity index (χ1n) is 5.23. The fourth-order valence-electron chi connectivity index (χ4n) is 1.73. The van der Waals surface area contributed by atoms with Crippen LogP contribution in [0, 0.1) is 6.92 Å². The molecule has 0 bridgehead atoms. The predicted octanol–water partition coefficient (Wildman–Crippen LogP) is 2.01. The molecule has 1 aliphatic rings. The van der Waals surface area contributed by atoms with Gasteiger partial charge in [0.2, 0.25) is 0 Å². The maximum atomic E-state index is 10.1. The molecule has 1 fully saturated rings. The van der Waals surface area contributed by atoms with Gasteiger partial charge in [0.05, 0.1) is 5.60 Å². The van der Waals surface area contributed by atoms with Gasteiger partial charge in [-0.1, -0.05) is 0 Å². The molecule has 2 nitrogen and oxygen atoms in total. The number of nitrogens with one attached hydrogen (secondary N) is 1. The molecule has 0 spiro atoms. The molecule has 0 amide bonds. The highest BCUT2D eigenvalue weighted by atomic mass is 32.2. The molecule has 0 saturated carbocycles. The van der Waals surface area contributed by atoms with E-state index in [1.807, 2.05) is 11.8 Å². The summed E-state index contributed by atoms with van der Waals surface area (Å²) in [5.74, 6) is 1.97. The third-order valence-corrected chi connectivity index (χ3v) is 5.05. The summed E-state index contributed by atoms with van der Waals surface area (Å²) in [4.78, 5) is 1.38. The number of rotatable bonds is 4. The predicted molar refractivity (Wildman–Crippen MR) is 67.7 cm³/mol. The highest BCUT2D eigenvalue weighted by Crippen LogP contribution is 2.27. The van der Waals surface area contributed by atoms with E-state index in [1.165, 1.54) is 10.4 Å². The summed E-state index contributed by atoms with van der Waals surface area (Å²) in [5.41, 5.74) is 0.885. The second-order valence-electron chi connectivity index (χ2n) is 4.16. The second-order valence-corrected chi connectivity index (χ2v) is 6.26. The van der Waals surface area contributed by atoms with Crippen molar-refractivity contribution in [2.24, 2.45) is 0 Å². The van der Waals surface area contributed by atoms with Gasteiger partial charge in [-0.15, -0.1) is 11.3 Å². The van der Waals surface area contributed by atoms with E-state index in [-0.39, 0.29) is 0 Å². The van der Waals surface area contributed by atoms with Gasteiger partial charge in [-0.2, -0.15) is 11.8 Å². The Morgan fingerprint density at radius 3 is 3.07 bits per heavy atom. The zero-order valence-electron chi connectivity index (χ0n) is 8.95. The van der Waals surface area contributed by atoms with Gasteiger partial charge in [0, 0.05) is 23.7 Å². The maximum Gasteiger partial charge on any atom is 0.0869 e. The van der Waals surface area contributed by atoms with Crippen LogP contribution in [-0.2, 0) is 6.54 Å². The molecule has 0 radical (unpaired) electrons. The standard InChI is InChI=1S/C11H17NOS2/c1-9-2-4-15-10(9)6-12-7-11(13)3-5-14-8-11/h2,4,12-13H,3,5-8H2,1H3. The molecule has 0 aromatic carbocycles. The number of hydrogen-bond acceptors (Lipinski definition) is 4. The van der Waals surface area contributed by atoms with Crippen LogP contribution in [0.2, 0.25) is 0 Å². The number of thiophene rings is 1.